The van der Waals surface area contributed by atoms with Gasteiger partial charge in [0, 0.05) is 39.3 Å². The molecule has 3 rings (SSSR count). The number of hydrogen-bond acceptors (Lipinski definition) is 6. The van der Waals surface area contributed by atoms with Crippen molar-refractivity contribution in [3.05, 3.63) is 89.5 Å². The van der Waals surface area contributed by atoms with E-state index in [1.807, 2.05) is 20.8 Å². The first-order valence-corrected chi connectivity index (χ1v) is 19.3. The predicted octanol–water partition coefficient (Wildman–Crippen LogP) is 5.19. The molecule has 0 fully saturated rings. The summed E-state index contributed by atoms with van der Waals surface area (Å²) in [6.45, 7) is 10.5. The van der Waals surface area contributed by atoms with Gasteiger partial charge in [0.1, 0.15) is 0 Å². The summed E-state index contributed by atoms with van der Waals surface area (Å²) in [4.78, 5) is 0.601. The molecule has 0 aliphatic heterocycles. The number of rotatable bonds is 17. The highest BCUT2D eigenvalue weighted by Crippen LogP contribution is 2.21. The third kappa shape index (κ3) is 8.98. The zero-order chi connectivity index (χ0) is 32.5. The first-order chi connectivity index (χ1) is 20.7. The lowest BCUT2D eigenvalue weighted by atomic mass is 10.2. The molecule has 12 heteroatoms. The van der Waals surface area contributed by atoms with Gasteiger partial charge in [-0.15, -0.1) is 0 Å². The van der Waals surface area contributed by atoms with Crippen molar-refractivity contribution in [1.82, 2.24) is 12.9 Å². The molecule has 0 aliphatic rings. The van der Waals surface area contributed by atoms with Gasteiger partial charge in [-0.1, -0.05) is 66.9 Å². The van der Waals surface area contributed by atoms with Crippen LogP contribution in [0.2, 0.25) is 0 Å². The monoisotopic (exact) mass is 663 g/mol. The Kier molecular flexibility index (Phi) is 12.7. The maximum atomic E-state index is 13.7. The van der Waals surface area contributed by atoms with Gasteiger partial charge in [-0.05, 0) is 76.4 Å². The molecule has 0 radical (unpaired) electrons. The Labute approximate surface area is 264 Å². The molecule has 0 atom stereocenters. The maximum absolute atomic E-state index is 13.7. The second kappa shape index (κ2) is 15.6. The van der Waals surface area contributed by atoms with Gasteiger partial charge in [-0.3, -0.25) is 0 Å². The Morgan fingerprint density at radius 1 is 0.409 bits per heavy atom. The van der Waals surface area contributed by atoms with Crippen molar-refractivity contribution in [2.24, 2.45) is 0 Å². The van der Waals surface area contributed by atoms with E-state index in [0.29, 0.717) is 25.8 Å². The molecule has 0 heterocycles. The Morgan fingerprint density at radius 2 is 0.659 bits per heavy atom. The highest BCUT2D eigenvalue weighted by Gasteiger charge is 2.27. The van der Waals surface area contributed by atoms with Crippen molar-refractivity contribution < 1.29 is 25.3 Å². The van der Waals surface area contributed by atoms with Crippen molar-refractivity contribution >= 4 is 30.1 Å². The van der Waals surface area contributed by atoms with E-state index in [4.69, 9.17) is 0 Å². The molecule has 0 aliphatic carbocycles. The number of sulfonamides is 3. The van der Waals surface area contributed by atoms with Crippen LogP contribution in [0, 0.1) is 20.8 Å². The minimum atomic E-state index is -3.86. The van der Waals surface area contributed by atoms with E-state index in [1.54, 1.807) is 86.6 Å². The van der Waals surface area contributed by atoms with Gasteiger partial charge >= 0.3 is 0 Å². The fourth-order valence-corrected chi connectivity index (χ4v) is 9.32. The van der Waals surface area contributed by atoms with Crippen molar-refractivity contribution in [1.29, 1.82) is 0 Å². The molecule has 242 valence electrons. The van der Waals surface area contributed by atoms with Crippen molar-refractivity contribution in [3.8, 4) is 0 Å². The van der Waals surface area contributed by atoms with Gasteiger partial charge in [0.2, 0.25) is 30.1 Å². The summed E-state index contributed by atoms with van der Waals surface area (Å²) < 4.78 is 84.4. The van der Waals surface area contributed by atoms with Crippen molar-refractivity contribution in [3.63, 3.8) is 0 Å². The fraction of sp³-hybridized carbons (Fsp3) is 0.438. The minimum absolute atomic E-state index is 0.120. The van der Waals surface area contributed by atoms with Crippen LogP contribution in [0.25, 0.3) is 0 Å². The largest absolute Gasteiger partial charge is 0.243 e. The van der Waals surface area contributed by atoms with Crippen molar-refractivity contribution in [2.75, 3.05) is 39.3 Å². The number of benzene rings is 3. The van der Waals surface area contributed by atoms with Gasteiger partial charge in [0.05, 0.1) is 14.7 Å². The van der Waals surface area contributed by atoms with Crippen LogP contribution in [0.5, 0.6) is 0 Å². The van der Waals surface area contributed by atoms with Gasteiger partial charge in [0.25, 0.3) is 0 Å². The lowest BCUT2D eigenvalue weighted by molar-refractivity contribution is 0.350. The molecule has 44 heavy (non-hydrogen) atoms. The summed E-state index contributed by atoms with van der Waals surface area (Å²) in [7, 11) is -11.3. The Balaban J connectivity index is 1.71. The second-order valence-electron chi connectivity index (χ2n) is 10.9. The van der Waals surface area contributed by atoms with Crippen LogP contribution in [0.15, 0.2) is 87.5 Å². The minimum Gasteiger partial charge on any atom is -0.207 e. The van der Waals surface area contributed by atoms with Crippen LogP contribution in [0.3, 0.4) is 0 Å². The molecule has 0 aromatic heterocycles. The van der Waals surface area contributed by atoms with Crippen LogP contribution in [-0.2, 0) is 30.1 Å². The molecule has 0 N–H and O–H groups in total. The number of hydrogen-bond donors (Lipinski definition) is 0. The SMILES string of the molecule is CCN(CCCCN(CCCN(CC)S(=O)(=O)c1ccc(C)cc1)S(=O)(=O)c1ccc(C)cc1)S(=O)(=O)c1ccc(C)cc1. The number of nitrogens with zero attached hydrogens (tertiary/aromatic N) is 3. The van der Waals surface area contributed by atoms with E-state index in [0.717, 1.165) is 16.7 Å². The van der Waals surface area contributed by atoms with E-state index in [2.05, 4.69) is 0 Å². The van der Waals surface area contributed by atoms with Crippen molar-refractivity contribution in [2.45, 2.75) is 68.6 Å². The van der Waals surface area contributed by atoms with Crippen LogP contribution >= 0.6 is 0 Å². The average Bonchev–Trinajstić information content (AvgIpc) is 2.98. The van der Waals surface area contributed by atoms with Gasteiger partial charge < -0.3 is 0 Å². The normalized spacial score (nSPS) is 12.8. The van der Waals surface area contributed by atoms with E-state index in [9.17, 15) is 25.3 Å². The summed E-state index contributed by atoms with van der Waals surface area (Å²) >= 11 is 0. The number of aryl methyl sites for hydroxylation is 3. The third-order valence-electron chi connectivity index (χ3n) is 7.56. The highest BCUT2D eigenvalue weighted by atomic mass is 32.2. The lowest BCUT2D eigenvalue weighted by Crippen LogP contribution is -2.37. The molecule has 9 nitrogen and oxygen atoms in total. The highest BCUT2D eigenvalue weighted by molar-refractivity contribution is 7.89. The number of unbranched alkanes of at least 4 members (excludes halogenated alkanes) is 1. The van der Waals surface area contributed by atoms with E-state index >= 15 is 0 Å². The summed E-state index contributed by atoms with van der Waals surface area (Å²) in [6.07, 6.45) is 1.19. The first kappa shape index (κ1) is 35.9. The van der Waals surface area contributed by atoms with E-state index < -0.39 is 30.1 Å². The summed E-state index contributed by atoms with van der Waals surface area (Å²) in [5, 5.41) is 0. The van der Waals surface area contributed by atoms with E-state index in [1.165, 1.54) is 12.9 Å². The Bertz CT molecular complexity index is 1670. The quantitative estimate of drug-likeness (QED) is 0.184. The Hall–Kier alpha value is -2.61. The second-order valence-corrected chi connectivity index (χ2v) is 16.7. The first-order valence-electron chi connectivity index (χ1n) is 14.9. The molecule has 0 amide bonds. The lowest BCUT2D eigenvalue weighted by Gasteiger charge is -2.26. The standard InChI is InChI=1S/C32H45N3O6S3/c1-6-33(42(36,37)30-17-11-27(3)12-18-30)23-8-9-24-35(44(40,41)32-21-15-29(5)16-22-32)26-10-25-34(7-2)43(38,39)31-19-13-28(4)14-20-31/h11-22H,6-10,23-26H2,1-5H3. The maximum Gasteiger partial charge on any atom is 0.243 e. The average molecular weight is 664 g/mol. The summed E-state index contributed by atoms with van der Waals surface area (Å²) in [6, 6.07) is 20.0. The smallest absolute Gasteiger partial charge is 0.207 e. The molecule has 0 spiro atoms. The summed E-state index contributed by atoms with van der Waals surface area (Å²) in [5.41, 5.74) is 2.86. The van der Waals surface area contributed by atoms with Gasteiger partial charge in [-0.25, -0.2) is 25.3 Å². The molecule has 0 saturated carbocycles. The van der Waals surface area contributed by atoms with Crippen LogP contribution in [0.1, 0.15) is 49.8 Å². The third-order valence-corrected chi connectivity index (χ3v) is 13.5. The molecule has 0 bridgehead atoms. The van der Waals surface area contributed by atoms with E-state index in [-0.39, 0.29) is 47.4 Å². The summed E-state index contributed by atoms with van der Waals surface area (Å²) in [5.74, 6) is 0. The molecule has 3 aromatic rings. The zero-order valence-corrected chi connectivity index (χ0v) is 28.8. The zero-order valence-electron chi connectivity index (χ0n) is 26.3. The van der Waals surface area contributed by atoms with Gasteiger partial charge in [-0.2, -0.15) is 12.9 Å². The topological polar surface area (TPSA) is 112 Å². The molecular formula is C32H45N3O6S3. The van der Waals surface area contributed by atoms with Gasteiger partial charge in [0.15, 0.2) is 0 Å². The molecule has 0 saturated heterocycles. The predicted molar refractivity (Wildman–Crippen MR) is 175 cm³/mol. The molecular weight excluding hydrogens is 619 g/mol. The van der Waals surface area contributed by atoms with Crippen LogP contribution in [0.4, 0.5) is 0 Å². The van der Waals surface area contributed by atoms with Crippen LogP contribution < -0.4 is 0 Å². The molecule has 3 aromatic carbocycles. The molecule has 0 unspecified atom stereocenters. The van der Waals surface area contributed by atoms with Crippen LogP contribution in [-0.4, -0.2) is 77.4 Å². The fourth-order valence-electron chi connectivity index (χ4n) is 4.83. The Morgan fingerprint density at radius 3 is 0.977 bits per heavy atom.